The molecule has 1 amide bonds. The van der Waals surface area contributed by atoms with Gasteiger partial charge in [-0.3, -0.25) is 4.79 Å². The Balaban J connectivity index is 2.04. The second-order valence-electron chi connectivity index (χ2n) is 4.06. The van der Waals surface area contributed by atoms with Crippen LogP contribution < -0.4 is 5.32 Å². The van der Waals surface area contributed by atoms with Gasteiger partial charge in [0.1, 0.15) is 5.82 Å². The van der Waals surface area contributed by atoms with Crippen LogP contribution in [-0.2, 0) is 6.54 Å². The molecule has 0 fully saturated rings. The van der Waals surface area contributed by atoms with Gasteiger partial charge in [0.15, 0.2) is 0 Å². The van der Waals surface area contributed by atoms with Gasteiger partial charge in [-0.05, 0) is 58.5 Å². The fourth-order valence-electron chi connectivity index (χ4n) is 1.57. The number of hydrogen-bond acceptors (Lipinski definition) is 1. The molecule has 2 rings (SSSR count). The minimum Gasteiger partial charge on any atom is -0.348 e. The fraction of sp³-hybridized carbons (Fsp3) is 0.0714. The summed E-state index contributed by atoms with van der Waals surface area (Å²) in [4.78, 5) is 12.0. The average molecular weight is 424 g/mol. The monoisotopic (exact) mass is 423 g/mol. The van der Waals surface area contributed by atoms with Crippen molar-refractivity contribution in [3.05, 3.63) is 67.0 Å². The van der Waals surface area contributed by atoms with Crippen LogP contribution >= 0.6 is 45.8 Å². The lowest BCUT2D eigenvalue weighted by atomic mass is 10.2. The summed E-state index contributed by atoms with van der Waals surface area (Å²) in [6, 6.07) is 9.40. The second kappa shape index (κ2) is 6.74. The molecule has 0 aliphatic carbocycles. The van der Waals surface area contributed by atoms with Gasteiger partial charge in [0, 0.05) is 15.7 Å². The Morgan fingerprint density at radius 1 is 1.15 bits per heavy atom. The summed E-state index contributed by atoms with van der Waals surface area (Å²) in [5, 5.41) is 3.29. The van der Waals surface area contributed by atoms with Crippen LogP contribution in [0.2, 0.25) is 10.0 Å². The molecular weight excluding hydrogens is 415 g/mol. The third-order valence-corrected chi connectivity index (χ3v) is 4.48. The third-order valence-electron chi connectivity index (χ3n) is 2.62. The first kappa shape index (κ1) is 15.5. The van der Waals surface area contributed by atoms with Gasteiger partial charge in [0.2, 0.25) is 0 Å². The van der Waals surface area contributed by atoms with Crippen LogP contribution in [0.5, 0.6) is 0 Å². The minimum atomic E-state index is -0.480. The molecule has 0 bridgehead atoms. The highest BCUT2D eigenvalue weighted by Crippen LogP contribution is 2.20. The minimum absolute atomic E-state index is 0.0362. The molecule has 2 aromatic rings. The molecule has 0 saturated carbocycles. The number of nitrogens with one attached hydrogen (secondary N) is 1. The zero-order chi connectivity index (χ0) is 14.7. The van der Waals surface area contributed by atoms with E-state index in [-0.39, 0.29) is 17.5 Å². The van der Waals surface area contributed by atoms with E-state index in [0.717, 1.165) is 9.13 Å². The van der Waals surface area contributed by atoms with E-state index in [2.05, 4.69) is 27.9 Å². The van der Waals surface area contributed by atoms with E-state index in [4.69, 9.17) is 23.2 Å². The Morgan fingerprint density at radius 2 is 1.90 bits per heavy atom. The Kier molecular flexibility index (Phi) is 5.23. The number of halogens is 4. The standard InChI is InChI=1S/C14H9Cl2FINO/c15-10-5-8(1-3-12(10)17)7-19-14(20)9-2-4-13(18)11(16)6-9/h1-6H,7H2,(H,19,20). The van der Waals surface area contributed by atoms with Crippen LogP contribution in [0, 0.1) is 9.39 Å². The summed E-state index contributed by atoms with van der Waals surface area (Å²) in [5.41, 5.74) is 1.20. The smallest absolute Gasteiger partial charge is 0.251 e. The number of amides is 1. The molecule has 0 saturated heterocycles. The summed E-state index contributed by atoms with van der Waals surface area (Å²) in [6.07, 6.45) is 0. The van der Waals surface area contributed by atoms with Gasteiger partial charge in [0.25, 0.3) is 5.91 Å². The highest BCUT2D eigenvalue weighted by Gasteiger charge is 2.08. The summed E-state index contributed by atoms with van der Waals surface area (Å²) >= 11 is 13.7. The van der Waals surface area contributed by atoms with E-state index in [9.17, 15) is 9.18 Å². The largest absolute Gasteiger partial charge is 0.348 e. The lowest BCUT2D eigenvalue weighted by molar-refractivity contribution is 0.0951. The van der Waals surface area contributed by atoms with Gasteiger partial charge in [-0.1, -0.05) is 29.3 Å². The molecule has 0 radical (unpaired) electrons. The summed E-state index contributed by atoms with van der Waals surface area (Å²) in [7, 11) is 0. The highest BCUT2D eigenvalue weighted by atomic mass is 127. The molecule has 104 valence electrons. The number of rotatable bonds is 3. The van der Waals surface area contributed by atoms with Crippen molar-refractivity contribution in [2.24, 2.45) is 0 Å². The number of carbonyl (C=O) groups is 1. The van der Waals surface area contributed by atoms with Crippen LogP contribution in [0.15, 0.2) is 36.4 Å². The first-order chi connectivity index (χ1) is 9.47. The fourth-order valence-corrected chi connectivity index (χ4v) is 2.29. The Hall–Kier alpha value is -0.850. The molecule has 0 aliphatic rings. The van der Waals surface area contributed by atoms with E-state index in [1.165, 1.54) is 12.1 Å². The van der Waals surface area contributed by atoms with Crippen molar-refractivity contribution in [1.82, 2.24) is 5.32 Å². The quantitative estimate of drug-likeness (QED) is 0.714. The predicted molar refractivity (Wildman–Crippen MR) is 86.7 cm³/mol. The van der Waals surface area contributed by atoms with Crippen LogP contribution in [0.1, 0.15) is 15.9 Å². The molecule has 0 atom stereocenters. The first-order valence-electron chi connectivity index (χ1n) is 5.64. The van der Waals surface area contributed by atoms with Crippen LogP contribution in [0.25, 0.3) is 0 Å². The maximum atomic E-state index is 13.0. The molecule has 0 aromatic heterocycles. The summed E-state index contributed by atoms with van der Waals surface area (Å²) < 4.78 is 13.9. The highest BCUT2D eigenvalue weighted by molar-refractivity contribution is 14.1. The zero-order valence-corrected chi connectivity index (χ0v) is 13.8. The predicted octanol–water partition coefficient (Wildman–Crippen LogP) is 4.67. The molecule has 0 spiro atoms. The van der Waals surface area contributed by atoms with Crippen molar-refractivity contribution in [2.75, 3.05) is 0 Å². The van der Waals surface area contributed by atoms with Gasteiger partial charge in [0.05, 0.1) is 10.0 Å². The van der Waals surface area contributed by atoms with E-state index in [1.54, 1.807) is 24.3 Å². The van der Waals surface area contributed by atoms with Gasteiger partial charge in [-0.15, -0.1) is 0 Å². The molecule has 0 unspecified atom stereocenters. The normalized spacial score (nSPS) is 10.4. The van der Waals surface area contributed by atoms with Gasteiger partial charge >= 0.3 is 0 Å². The molecule has 6 heteroatoms. The van der Waals surface area contributed by atoms with Gasteiger partial charge in [-0.25, -0.2) is 4.39 Å². The lowest BCUT2D eigenvalue weighted by Gasteiger charge is -2.07. The molecule has 2 nitrogen and oxygen atoms in total. The van der Waals surface area contributed by atoms with Crippen molar-refractivity contribution >= 4 is 51.7 Å². The molecular formula is C14H9Cl2FINO. The van der Waals surface area contributed by atoms with Gasteiger partial charge in [-0.2, -0.15) is 0 Å². The van der Waals surface area contributed by atoms with Crippen molar-refractivity contribution in [3.63, 3.8) is 0 Å². The maximum absolute atomic E-state index is 13.0. The van der Waals surface area contributed by atoms with Crippen molar-refractivity contribution in [3.8, 4) is 0 Å². The molecule has 0 heterocycles. The molecule has 1 N–H and O–H groups in total. The van der Waals surface area contributed by atoms with E-state index < -0.39 is 5.82 Å². The third kappa shape index (κ3) is 3.84. The van der Waals surface area contributed by atoms with Crippen molar-refractivity contribution in [2.45, 2.75) is 6.54 Å². The van der Waals surface area contributed by atoms with E-state index in [1.807, 2.05) is 0 Å². The van der Waals surface area contributed by atoms with Crippen molar-refractivity contribution < 1.29 is 9.18 Å². The Labute approximate surface area is 139 Å². The van der Waals surface area contributed by atoms with Gasteiger partial charge < -0.3 is 5.32 Å². The second-order valence-corrected chi connectivity index (χ2v) is 6.04. The maximum Gasteiger partial charge on any atom is 0.251 e. The summed E-state index contributed by atoms with van der Waals surface area (Å²) in [6.45, 7) is 0.266. The first-order valence-corrected chi connectivity index (χ1v) is 7.48. The Morgan fingerprint density at radius 3 is 2.55 bits per heavy atom. The van der Waals surface area contributed by atoms with E-state index in [0.29, 0.717) is 10.6 Å². The summed E-state index contributed by atoms with van der Waals surface area (Å²) in [5.74, 6) is -0.727. The molecule has 0 aliphatic heterocycles. The number of carbonyl (C=O) groups excluding carboxylic acids is 1. The topological polar surface area (TPSA) is 29.1 Å². The molecule has 20 heavy (non-hydrogen) atoms. The average Bonchev–Trinajstić information content (AvgIpc) is 2.43. The Bertz CT molecular complexity index is 664. The SMILES string of the molecule is O=C(NCc1ccc(F)c(Cl)c1)c1ccc(I)c(Cl)c1. The number of hydrogen-bond donors (Lipinski definition) is 1. The van der Waals surface area contributed by atoms with Crippen molar-refractivity contribution in [1.29, 1.82) is 0 Å². The van der Waals surface area contributed by atoms with Crippen LogP contribution in [0.4, 0.5) is 4.39 Å². The molecule has 2 aromatic carbocycles. The lowest BCUT2D eigenvalue weighted by Crippen LogP contribution is -2.22. The van der Waals surface area contributed by atoms with Crippen LogP contribution in [-0.4, -0.2) is 5.91 Å². The number of benzene rings is 2. The zero-order valence-electron chi connectivity index (χ0n) is 10.1. The van der Waals surface area contributed by atoms with Crippen LogP contribution in [0.3, 0.4) is 0 Å². The van der Waals surface area contributed by atoms with E-state index >= 15 is 0 Å².